The zero-order valence-electron chi connectivity index (χ0n) is 16.3. The molecule has 4 nitrogen and oxygen atoms in total. The zero-order valence-corrected chi connectivity index (χ0v) is 16.3. The molecule has 2 fully saturated rings. The van der Waals surface area contributed by atoms with E-state index in [-0.39, 0.29) is 23.9 Å². The van der Waals surface area contributed by atoms with Crippen LogP contribution in [0.5, 0.6) is 0 Å². The molecular weight excluding hydrogens is 338 g/mol. The molecule has 0 bridgehead atoms. The maximum absolute atomic E-state index is 12.9. The second-order valence-electron chi connectivity index (χ2n) is 8.37. The van der Waals surface area contributed by atoms with Gasteiger partial charge in [0.25, 0.3) is 0 Å². The quantitative estimate of drug-likeness (QED) is 0.789. The lowest BCUT2D eigenvalue weighted by Crippen LogP contribution is -2.42. The van der Waals surface area contributed by atoms with Gasteiger partial charge >= 0.3 is 0 Å². The van der Waals surface area contributed by atoms with Gasteiger partial charge < -0.3 is 14.4 Å². The monoisotopic (exact) mass is 369 g/mol. The molecule has 1 aromatic rings. The van der Waals surface area contributed by atoms with Crippen LogP contribution in [0.2, 0.25) is 0 Å². The predicted molar refractivity (Wildman–Crippen MR) is 106 cm³/mol. The minimum atomic E-state index is -0.0282. The van der Waals surface area contributed by atoms with E-state index in [4.69, 9.17) is 9.47 Å². The first-order chi connectivity index (χ1) is 13.2. The van der Waals surface area contributed by atoms with Gasteiger partial charge in [0.1, 0.15) is 6.10 Å². The van der Waals surface area contributed by atoms with Gasteiger partial charge in [0, 0.05) is 13.0 Å². The van der Waals surface area contributed by atoms with E-state index >= 15 is 0 Å². The molecule has 1 saturated heterocycles. The van der Waals surface area contributed by atoms with E-state index in [2.05, 4.69) is 11.8 Å². The third-order valence-electron chi connectivity index (χ3n) is 6.43. The Kier molecular flexibility index (Phi) is 5.94. The number of carbonyl (C=O) groups is 1. The Morgan fingerprint density at radius 3 is 2.67 bits per heavy atom. The zero-order chi connectivity index (χ0) is 18.6. The largest absolute Gasteiger partial charge is 0.496 e. The molecule has 3 aliphatic rings. The smallest absolute Gasteiger partial charge is 0.173 e. The summed E-state index contributed by atoms with van der Waals surface area (Å²) in [7, 11) is 0. The number of likely N-dealkylation sites (tertiary alicyclic amines) is 1. The summed E-state index contributed by atoms with van der Waals surface area (Å²) in [6.45, 7) is 6.55. The van der Waals surface area contributed by atoms with Crippen LogP contribution in [-0.2, 0) is 14.3 Å². The van der Waals surface area contributed by atoms with E-state index in [1.165, 1.54) is 25.9 Å². The Labute approximate surface area is 162 Å². The average Bonchev–Trinajstić information content (AvgIpc) is 2.70. The minimum Gasteiger partial charge on any atom is -0.496 e. The van der Waals surface area contributed by atoms with Crippen molar-refractivity contribution in [1.82, 2.24) is 4.90 Å². The van der Waals surface area contributed by atoms with Crippen LogP contribution in [0.25, 0.3) is 5.57 Å². The maximum atomic E-state index is 12.9. The highest BCUT2D eigenvalue weighted by atomic mass is 16.5. The van der Waals surface area contributed by atoms with Gasteiger partial charge in [-0.05, 0) is 50.3 Å². The minimum absolute atomic E-state index is 0.0198. The molecule has 4 rings (SSSR count). The first-order valence-corrected chi connectivity index (χ1v) is 10.5. The van der Waals surface area contributed by atoms with Crippen molar-refractivity contribution in [3.63, 3.8) is 0 Å². The standard InChI is InChI=1S/C23H31NO3/c1-17-9-11-24(12-10-17)13-14-26-19-7-8-20-22(15-19)27-16-21(23(20)25)18-5-3-2-4-6-18/h2-6,16-17,19-20,22H,7-15H2,1H3. The predicted octanol–water partition coefficient (Wildman–Crippen LogP) is 3.91. The molecule has 1 aliphatic carbocycles. The van der Waals surface area contributed by atoms with Crippen molar-refractivity contribution in [3.05, 3.63) is 42.2 Å². The Morgan fingerprint density at radius 1 is 1.11 bits per heavy atom. The highest BCUT2D eigenvalue weighted by molar-refractivity contribution is 6.22. The van der Waals surface area contributed by atoms with E-state index in [0.717, 1.165) is 49.5 Å². The molecule has 2 heterocycles. The average molecular weight is 370 g/mol. The summed E-state index contributed by atoms with van der Waals surface area (Å²) in [5.74, 6) is 1.08. The van der Waals surface area contributed by atoms with Crippen molar-refractivity contribution >= 4 is 11.4 Å². The van der Waals surface area contributed by atoms with Crippen molar-refractivity contribution in [2.45, 2.75) is 51.2 Å². The number of hydrogen-bond donors (Lipinski definition) is 0. The van der Waals surface area contributed by atoms with Crippen LogP contribution in [0, 0.1) is 11.8 Å². The van der Waals surface area contributed by atoms with Crippen LogP contribution in [-0.4, -0.2) is 49.1 Å². The number of ether oxygens (including phenoxy) is 2. The molecule has 1 saturated carbocycles. The van der Waals surface area contributed by atoms with Crippen LogP contribution in [0.3, 0.4) is 0 Å². The molecule has 0 aromatic heterocycles. The molecule has 3 unspecified atom stereocenters. The third-order valence-corrected chi connectivity index (χ3v) is 6.43. The van der Waals surface area contributed by atoms with E-state index in [1.54, 1.807) is 6.26 Å². The molecule has 0 radical (unpaired) electrons. The Bertz CT molecular complexity index is 663. The molecule has 0 spiro atoms. The number of fused-ring (bicyclic) bond motifs is 1. The summed E-state index contributed by atoms with van der Waals surface area (Å²) in [6, 6.07) is 9.84. The van der Waals surface area contributed by atoms with Crippen LogP contribution in [0.1, 0.15) is 44.6 Å². The van der Waals surface area contributed by atoms with Gasteiger partial charge in [-0.3, -0.25) is 4.79 Å². The molecular formula is C23H31NO3. The number of Topliss-reactive ketones (excluding diaryl/α,β-unsaturated/α-hetero) is 1. The van der Waals surface area contributed by atoms with E-state index in [1.807, 2.05) is 30.3 Å². The number of allylic oxidation sites excluding steroid dienone is 1. The topological polar surface area (TPSA) is 38.8 Å². The van der Waals surface area contributed by atoms with Crippen molar-refractivity contribution in [3.8, 4) is 0 Å². The van der Waals surface area contributed by atoms with Crippen LogP contribution in [0.15, 0.2) is 36.6 Å². The number of nitrogens with zero attached hydrogens (tertiary/aromatic N) is 1. The summed E-state index contributed by atoms with van der Waals surface area (Å²) in [6.07, 6.45) is 7.11. The third kappa shape index (κ3) is 4.44. The second kappa shape index (κ2) is 8.57. The second-order valence-corrected chi connectivity index (χ2v) is 8.37. The Balaban J connectivity index is 1.27. The molecule has 1 aromatic carbocycles. The Morgan fingerprint density at radius 2 is 1.89 bits per heavy atom. The molecule has 0 N–H and O–H groups in total. The van der Waals surface area contributed by atoms with Gasteiger partial charge in [-0.2, -0.15) is 0 Å². The molecule has 27 heavy (non-hydrogen) atoms. The lowest BCUT2D eigenvalue weighted by Gasteiger charge is -2.38. The van der Waals surface area contributed by atoms with E-state index < -0.39 is 0 Å². The summed E-state index contributed by atoms with van der Waals surface area (Å²) >= 11 is 0. The van der Waals surface area contributed by atoms with Crippen LogP contribution < -0.4 is 0 Å². The Hall–Kier alpha value is -1.65. The number of rotatable bonds is 5. The highest BCUT2D eigenvalue weighted by Crippen LogP contribution is 2.37. The van der Waals surface area contributed by atoms with Gasteiger partial charge in [0.05, 0.1) is 30.5 Å². The SMILES string of the molecule is CC1CCN(CCOC2CCC3C(=O)C(c4ccccc4)=COC3C2)CC1. The highest BCUT2D eigenvalue weighted by Gasteiger charge is 2.40. The summed E-state index contributed by atoms with van der Waals surface area (Å²) in [5, 5.41) is 0. The molecule has 146 valence electrons. The summed E-state index contributed by atoms with van der Waals surface area (Å²) < 4.78 is 12.1. The fraction of sp³-hybridized carbons (Fsp3) is 0.609. The van der Waals surface area contributed by atoms with Crippen molar-refractivity contribution in [1.29, 1.82) is 0 Å². The number of piperidine rings is 1. The van der Waals surface area contributed by atoms with Gasteiger partial charge in [0.15, 0.2) is 5.78 Å². The fourth-order valence-corrected chi connectivity index (χ4v) is 4.57. The molecule has 3 atom stereocenters. The lowest BCUT2D eigenvalue weighted by atomic mass is 9.78. The molecule has 0 amide bonds. The first kappa shape index (κ1) is 18.7. The van der Waals surface area contributed by atoms with Gasteiger partial charge in [0.2, 0.25) is 0 Å². The molecule has 2 aliphatic heterocycles. The number of carbonyl (C=O) groups excluding carboxylic acids is 1. The van der Waals surface area contributed by atoms with Crippen molar-refractivity contribution in [2.24, 2.45) is 11.8 Å². The normalized spacial score (nSPS) is 29.7. The van der Waals surface area contributed by atoms with E-state index in [0.29, 0.717) is 0 Å². The van der Waals surface area contributed by atoms with Crippen molar-refractivity contribution in [2.75, 3.05) is 26.2 Å². The maximum Gasteiger partial charge on any atom is 0.173 e. The van der Waals surface area contributed by atoms with Crippen LogP contribution in [0.4, 0.5) is 0 Å². The van der Waals surface area contributed by atoms with Crippen LogP contribution >= 0.6 is 0 Å². The number of benzene rings is 1. The fourth-order valence-electron chi connectivity index (χ4n) is 4.57. The van der Waals surface area contributed by atoms with E-state index in [9.17, 15) is 4.79 Å². The van der Waals surface area contributed by atoms with Crippen molar-refractivity contribution < 1.29 is 14.3 Å². The first-order valence-electron chi connectivity index (χ1n) is 10.5. The summed E-state index contributed by atoms with van der Waals surface area (Å²) in [5.41, 5.74) is 1.67. The van der Waals surface area contributed by atoms with Gasteiger partial charge in [-0.15, -0.1) is 0 Å². The molecule has 4 heteroatoms. The van der Waals surface area contributed by atoms with Gasteiger partial charge in [-0.25, -0.2) is 0 Å². The lowest BCUT2D eigenvalue weighted by molar-refractivity contribution is -0.128. The number of hydrogen-bond acceptors (Lipinski definition) is 4. The number of ketones is 1. The van der Waals surface area contributed by atoms with Gasteiger partial charge in [-0.1, -0.05) is 37.3 Å². The summed E-state index contributed by atoms with van der Waals surface area (Å²) in [4.78, 5) is 15.4.